The molecule has 0 saturated heterocycles. The average Bonchev–Trinajstić information content (AvgIpc) is 3.38. The van der Waals surface area contributed by atoms with Gasteiger partial charge < -0.3 is 9.47 Å². The van der Waals surface area contributed by atoms with Crippen LogP contribution in [0.15, 0.2) is 52.7 Å². The van der Waals surface area contributed by atoms with E-state index in [1.807, 2.05) is 24.3 Å². The van der Waals surface area contributed by atoms with Crippen molar-refractivity contribution >= 4 is 38.6 Å². The van der Waals surface area contributed by atoms with Crippen LogP contribution in [0.1, 0.15) is 0 Å². The number of sulfonamides is 1. The fourth-order valence-electron chi connectivity index (χ4n) is 2.61. The van der Waals surface area contributed by atoms with Crippen LogP contribution < -0.4 is 14.2 Å². The average molecular weight is 466 g/mol. The summed E-state index contributed by atoms with van der Waals surface area (Å²) in [5.41, 5.74) is 1.37. The Morgan fingerprint density at radius 1 is 1.10 bits per heavy atom. The van der Waals surface area contributed by atoms with Gasteiger partial charge in [0.1, 0.15) is 16.6 Å². The normalized spacial score (nSPS) is 11.7. The highest BCUT2D eigenvalue weighted by Gasteiger charge is 2.16. The first-order valence-corrected chi connectivity index (χ1v) is 11.4. The van der Waals surface area contributed by atoms with E-state index in [1.54, 1.807) is 23.8 Å². The highest BCUT2D eigenvalue weighted by molar-refractivity contribution is 7.91. The largest absolute Gasteiger partial charge is 0.497 e. The minimum atomic E-state index is -3.62. The third-order valence-corrected chi connectivity index (χ3v) is 7.23. The number of methoxy groups -OCH3 is 1. The highest BCUT2D eigenvalue weighted by atomic mass is 35.5. The van der Waals surface area contributed by atoms with E-state index in [2.05, 4.69) is 20.0 Å². The molecule has 0 atom stereocenters. The van der Waals surface area contributed by atoms with Gasteiger partial charge >= 0.3 is 0 Å². The Balaban J connectivity index is 1.43. The van der Waals surface area contributed by atoms with Gasteiger partial charge in [0.15, 0.2) is 11.5 Å². The molecule has 30 heavy (non-hydrogen) atoms. The van der Waals surface area contributed by atoms with E-state index < -0.39 is 10.0 Å². The van der Waals surface area contributed by atoms with Crippen molar-refractivity contribution < 1.29 is 17.9 Å². The van der Waals surface area contributed by atoms with Gasteiger partial charge in [-0.3, -0.25) is 0 Å². The maximum absolute atomic E-state index is 12.2. The summed E-state index contributed by atoms with van der Waals surface area (Å²) in [5, 5.41) is 12.7. The number of halogens is 1. The van der Waals surface area contributed by atoms with E-state index in [4.69, 9.17) is 21.1 Å². The van der Waals surface area contributed by atoms with Gasteiger partial charge in [-0.25, -0.2) is 13.1 Å². The number of benzene rings is 1. The van der Waals surface area contributed by atoms with Gasteiger partial charge in [-0.1, -0.05) is 11.6 Å². The van der Waals surface area contributed by atoms with Crippen LogP contribution in [0.25, 0.3) is 17.0 Å². The van der Waals surface area contributed by atoms with Gasteiger partial charge in [-0.15, -0.1) is 26.6 Å². The molecule has 9 nitrogen and oxygen atoms in total. The Bertz CT molecular complexity index is 1270. The smallest absolute Gasteiger partial charge is 0.250 e. The van der Waals surface area contributed by atoms with Crippen molar-refractivity contribution in [2.75, 3.05) is 20.3 Å². The van der Waals surface area contributed by atoms with E-state index in [0.717, 1.165) is 22.6 Å². The van der Waals surface area contributed by atoms with Crippen molar-refractivity contribution in [3.05, 3.63) is 52.9 Å². The van der Waals surface area contributed by atoms with Gasteiger partial charge in [-0.2, -0.15) is 4.52 Å². The van der Waals surface area contributed by atoms with Crippen LogP contribution in [0.2, 0.25) is 4.34 Å². The zero-order chi connectivity index (χ0) is 21.1. The molecule has 0 aliphatic rings. The summed E-state index contributed by atoms with van der Waals surface area (Å²) in [6.07, 6.45) is 0. The van der Waals surface area contributed by atoms with Crippen molar-refractivity contribution in [1.29, 1.82) is 0 Å². The van der Waals surface area contributed by atoms with Crippen LogP contribution in [-0.4, -0.2) is 48.5 Å². The standard InChI is InChI=1S/C18H16ClN5O4S2/c1-27-13-4-2-12(3-5-13)18-22-21-15-7-8-16(23-24(15)18)28-11-10-20-30(25,26)17-9-6-14(19)29-17/h2-9,20H,10-11H2,1H3. The van der Waals surface area contributed by atoms with Gasteiger partial charge in [0.05, 0.1) is 11.4 Å². The van der Waals surface area contributed by atoms with Crippen LogP contribution in [0.3, 0.4) is 0 Å². The first-order chi connectivity index (χ1) is 14.5. The third-order valence-electron chi connectivity index (χ3n) is 4.04. The van der Waals surface area contributed by atoms with E-state index in [1.165, 1.54) is 12.1 Å². The van der Waals surface area contributed by atoms with Gasteiger partial charge in [0.2, 0.25) is 15.9 Å². The zero-order valence-corrected chi connectivity index (χ0v) is 18.0. The zero-order valence-electron chi connectivity index (χ0n) is 15.6. The second-order valence-electron chi connectivity index (χ2n) is 6.00. The summed E-state index contributed by atoms with van der Waals surface area (Å²) >= 11 is 6.78. The number of nitrogens with one attached hydrogen (secondary N) is 1. The fraction of sp³-hybridized carbons (Fsp3) is 0.167. The monoisotopic (exact) mass is 465 g/mol. The molecule has 1 aromatic carbocycles. The SMILES string of the molecule is COc1ccc(-c2nnc3ccc(OCCNS(=O)(=O)c4ccc(Cl)s4)nn23)cc1. The molecule has 4 rings (SSSR count). The summed E-state index contributed by atoms with van der Waals surface area (Å²) in [7, 11) is -2.02. The number of ether oxygens (including phenoxy) is 2. The number of hydrogen-bond donors (Lipinski definition) is 1. The fourth-order valence-corrected chi connectivity index (χ4v) is 5.15. The summed E-state index contributed by atoms with van der Waals surface area (Å²) in [6, 6.07) is 13.7. The molecular formula is C18H16ClN5O4S2. The number of aromatic nitrogens is 4. The first-order valence-electron chi connectivity index (χ1n) is 8.71. The van der Waals surface area contributed by atoms with Crippen LogP contribution in [0.4, 0.5) is 0 Å². The topological polar surface area (TPSA) is 108 Å². The third kappa shape index (κ3) is 4.38. The van der Waals surface area contributed by atoms with E-state index in [0.29, 0.717) is 21.7 Å². The molecule has 3 aromatic heterocycles. The predicted molar refractivity (Wildman–Crippen MR) is 113 cm³/mol. The number of hydrogen-bond acceptors (Lipinski definition) is 8. The summed E-state index contributed by atoms with van der Waals surface area (Å²) < 4.78 is 39.7. The molecule has 0 unspecified atom stereocenters. The number of thiophene rings is 1. The Kier molecular flexibility index (Phi) is 5.86. The maximum atomic E-state index is 12.2. The first kappa shape index (κ1) is 20.5. The Morgan fingerprint density at radius 3 is 2.60 bits per heavy atom. The summed E-state index contributed by atoms with van der Waals surface area (Å²) in [4.78, 5) is 0. The molecule has 0 aliphatic heterocycles. The molecule has 0 fully saturated rings. The number of rotatable bonds is 8. The number of nitrogens with zero attached hydrogens (tertiary/aromatic N) is 4. The van der Waals surface area contributed by atoms with Crippen LogP contribution >= 0.6 is 22.9 Å². The maximum Gasteiger partial charge on any atom is 0.250 e. The van der Waals surface area contributed by atoms with Crippen molar-refractivity contribution in [3.8, 4) is 23.0 Å². The molecule has 0 saturated carbocycles. The minimum absolute atomic E-state index is 0.0745. The van der Waals surface area contributed by atoms with Crippen molar-refractivity contribution in [2.24, 2.45) is 0 Å². The second kappa shape index (κ2) is 8.56. The molecule has 0 bridgehead atoms. The lowest BCUT2D eigenvalue weighted by Gasteiger charge is -2.07. The molecule has 0 aliphatic carbocycles. The van der Waals surface area contributed by atoms with Gasteiger partial charge in [0, 0.05) is 18.2 Å². The molecule has 4 aromatic rings. The van der Waals surface area contributed by atoms with Crippen molar-refractivity contribution in [2.45, 2.75) is 4.21 Å². The van der Waals surface area contributed by atoms with Gasteiger partial charge in [0.25, 0.3) is 0 Å². The molecule has 156 valence electrons. The molecule has 1 N–H and O–H groups in total. The number of fused-ring (bicyclic) bond motifs is 1. The van der Waals surface area contributed by atoms with Crippen LogP contribution in [0, 0.1) is 0 Å². The quantitative estimate of drug-likeness (QED) is 0.398. The van der Waals surface area contributed by atoms with E-state index in [-0.39, 0.29) is 17.4 Å². The molecule has 12 heteroatoms. The van der Waals surface area contributed by atoms with Crippen molar-refractivity contribution in [1.82, 2.24) is 24.5 Å². The van der Waals surface area contributed by atoms with Crippen LogP contribution in [-0.2, 0) is 10.0 Å². The van der Waals surface area contributed by atoms with Crippen LogP contribution in [0.5, 0.6) is 11.6 Å². The summed E-state index contributed by atoms with van der Waals surface area (Å²) in [5.74, 6) is 1.60. The van der Waals surface area contributed by atoms with Crippen molar-refractivity contribution in [3.63, 3.8) is 0 Å². The predicted octanol–water partition coefficient (Wildman–Crippen LogP) is 2.87. The lowest BCUT2D eigenvalue weighted by atomic mass is 10.2. The Labute approximate surface area is 181 Å². The lowest BCUT2D eigenvalue weighted by molar-refractivity contribution is 0.306. The molecule has 0 spiro atoms. The Hall–Kier alpha value is -2.73. The Morgan fingerprint density at radius 2 is 1.90 bits per heavy atom. The summed E-state index contributed by atoms with van der Waals surface area (Å²) in [6.45, 7) is 0.169. The highest BCUT2D eigenvalue weighted by Crippen LogP contribution is 2.25. The second-order valence-corrected chi connectivity index (χ2v) is 9.71. The van der Waals surface area contributed by atoms with E-state index >= 15 is 0 Å². The molecule has 3 heterocycles. The molecule has 0 radical (unpaired) electrons. The molecular weight excluding hydrogens is 450 g/mol. The van der Waals surface area contributed by atoms with E-state index in [9.17, 15) is 8.42 Å². The molecule has 0 amide bonds. The minimum Gasteiger partial charge on any atom is -0.497 e. The lowest BCUT2D eigenvalue weighted by Crippen LogP contribution is -2.27. The van der Waals surface area contributed by atoms with Gasteiger partial charge in [-0.05, 0) is 42.5 Å².